The van der Waals surface area contributed by atoms with Gasteiger partial charge in [0.25, 0.3) is 0 Å². The molecule has 3 N–H and O–H groups in total. The van der Waals surface area contributed by atoms with Crippen LogP contribution in [0, 0.1) is 28.6 Å². The van der Waals surface area contributed by atoms with Crippen LogP contribution < -0.4 is 0 Å². The van der Waals surface area contributed by atoms with Crippen LogP contribution in [0.3, 0.4) is 0 Å². The number of methoxy groups -OCH3 is 1. The zero-order valence-electron chi connectivity index (χ0n) is 23.4. The number of fused-ring (bicyclic) bond motifs is 5. The van der Waals surface area contributed by atoms with Gasteiger partial charge < -0.3 is 34.3 Å². The summed E-state index contributed by atoms with van der Waals surface area (Å²) in [6.07, 6.45) is 7.36. The third-order valence-electron chi connectivity index (χ3n) is 12.4. The van der Waals surface area contributed by atoms with Crippen LogP contribution in [0.2, 0.25) is 0 Å². The zero-order valence-corrected chi connectivity index (χ0v) is 23.4. The van der Waals surface area contributed by atoms with Gasteiger partial charge in [-0.2, -0.15) is 0 Å². The van der Waals surface area contributed by atoms with Crippen molar-refractivity contribution in [2.75, 3.05) is 13.7 Å². The predicted octanol–water partition coefficient (Wildman–Crippen LogP) is 3.25. The molecule has 0 amide bonds. The molecular weight excluding hydrogens is 488 g/mol. The van der Waals surface area contributed by atoms with E-state index in [1.54, 1.807) is 13.2 Å². The minimum absolute atomic E-state index is 0.116. The minimum atomic E-state index is -0.853. The number of rotatable bonds is 4. The van der Waals surface area contributed by atoms with Crippen LogP contribution in [0.5, 0.6) is 0 Å². The van der Waals surface area contributed by atoms with Crippen molar-refractivity contribution < 1.29 is 39.1 Å². The average Bonchev–Trinajstić information content (AvgIpc) is 3.41. The molecule has 6 rings (SSSR count). The van der Waals surface area contributed by atoms with Gasteiger partial charge in [0, 0.05) is 31.4 Å². The maximum Gasteiger partial charge on any atom is 0.331 e. The number of aliphatic hydroxyl groups excluding tert-OH is 1. The molecule has 0 aromatic heterocycles. The standard InChI is InChI=1S/C30H46O8/c1-17-26(32)23(35-4)14-25(37-17)38-19-5-9-27(2)21-6-10-28(3)20(18-13-24(31)36-16-18)8-12-30(28,34)22(21)7-11-29(27,33)15-19/h13,17,19-23,25-26,32-34H,5-12,14-16H2,1-4H3/t17-,19?,20-,21+,22-,23+,25+,26-,27-,28-,29?,30+/m1/s1. The molecule has 0 bridgehead atoms. The highest BCUT2D eigenvalue weighted by Crippen LogP contribution is 2.70. The molecule has 5 fully saturated rings. The fourth-order valence-electron chi connectivity index (χ4n) is 10.0. The molecule has 0 aromatic carbocycles. The van der Waals surface area contributed by atoms with E-state index in [1.807, 2.05) is 6.92 Å². The first-order valence-corrected chi connectivity index (χ1v) is 14.8. The molecule has 2 heterocycles. The van der Waals surface area contributed by atoms with Crippen LogP contribution >= 0.6 is 0 Å². The molecule has 0 spiro atoms. The van der Waals surface area contributed by atoms with Gasteiger partial charge in [-0.05, 0) is 87.0 Å². The SMILES string of the molecule is CO[C@H]1C[C@H](OC2CC[C@]3(C)[C@H]4CC[C@]5(C)[C@@H](C6=CC(=O)OC6)CC[C@]5(O)[C@@H]4CCC3(O)C2)O[C@H](C)[C@H]1O. The van der Waals surface area contributed by atoms with E-state index in [0.717, 1.165) is 50.5 Å². The zero-order chi connectivity index (χ0) is 27.1. The van der Waals surface area contributed by atoms with Gasteiger partial charge in [0.05, 0.1) is 29.5 Å². The lowest BCUT2D eigenvalue weighted by atomic mass is 9.42. The van der Waals surface area contributed by atoms with E-state index in [-0.39, 0.29) is 52.9 Å². The van der Waals surface area contributed by atoms with Crippen molar-refractivity contribution in [1.29, 1.82) is 0 Å². The second-order valence-electron chi connectivity index (χ2n) is 13.8. The normalized spacial score (nSPS) is 54.5. The number of cyclic esters (lactones) is 1. The Balaban J connectivity index is 1.18. The van der Waals surface area contributed by atoms with E-state index < -0.39 is 23.6 Å². The summed E-state index contributed by atoms with van der Waals surface area (Å²) in [5, 5.41) is 34.9. The third-order valence-corrected chi connectivity index (χ3v) is 12.4. The van der Waals surface area contributed by atoms with E-state index >= 15 is 0 Å². The van der Waals surface area contributed by atoms with E-state index in [9.17, 15) is 20.1 Å². The van der Waals surface area contributed by atoms with Gasteiger partial charge in [0.15, 0.2) is 6.29 Å². The largest absolute Gasteiger partial charge is 0.458 e. The summed E-state index contributed by atoms with van der Waals surface area (Å²) in [6, 6.07) is 0. The molecule has 0 aromatic rings. The lowest BCUT2D eigenvalue weighted by molar-refractivity contribution is -0.291. The van der Waals surface area contributed by atoms with Crippen LogP contribution in [-0.2, 0) is 23.7 Å². The number of carbonyl (C=O) groups excluding carboxylic acids is 1. The predicted molar refractivity (Wildman–Crippen MR) is 138 cm³/mol. The van der Waals surface area contributed by atoms with Crippen molar-refractivity contribution in [3.63, 3.8) is 0 Å². The number of ether oxygens (including phenoxy) is 4. The van der Waals surface area contributed by atoms with Crippen molar-refractivity contribution in [2.24, 2.45) is 28.6 Å². The van der Waals surface area contributed by atoms with Gasteiger partial charge >= 0.3 is 5.97 Å². The van der Waals surface area contributed by atoms with Crippen LogP contribution in [-0.4, -0.2) is 76.9 Å². The molecule has 2 aliphatic heterocycles. The molecule has 1 saturated heterocycles. The Bertz CT molecular complexity index is 983. The quantitative estimate of drug-likeness (QED) is 0.372. The number of esters is 1. The summed E-state index contributed by atoms with van der Waals surface area (Å²) in [4.78, 5) is 11.8. The molecule has 8 nitrogen and oxygen atoms in total. The fraction of sp³-hybridized carbons (Fsp3) is 0.900. The van der Waals surface area contributed by atoms with Gasteiger partial charge in [-0.25, -0.2) is 4.79 Å². The molecule has 2 unspecified atom stereocenters. The molecule has 8 heteroatoms. The number of hydrogen-bond acceptors (Lipinski definition) is 8. The van der Waals surface area contributed by atoms with Crippen molar-refractivity contribution in [3.05, 3.63) is 11.6 Å². The maximum atomic E-state index is 12.4. The van der Waals surface area contributed by atoms with Crippen LogP contribution in [0.4, 0.5) is 0 Å². The number of carbonyl (C=O) groups is 1. The minimum Gasteiger partial charge on any atom is -0.458 e. The summed E-state index contributed by atoms with van der Waals surface area (Å²) < 4.78 is 23.0. The second-order valence-corrected chi connectivity index (χ2v) is 13.8. The summed E-state index contributed by atoms with van der Waals surface area (Å²) in [5.74, 6) is 0.293. The highest BCUT2D eigenvalue weighted by atomic mass is 16.7. The van der Waals surface area contributed by atoms with E-state index in [4.69, 9.17) is 18.9 Å². The van der Waals surface area contributed by atoms with Crippen molar-refractivity contribution in [3.8, 4) is 0 Å². The van der Waals surface area contributed by atoms with Crippen molar-refractivity contribution >= 4 is 5.97 Å². The monoisotopic (exact) mass is 534 g/mol. The molecular formula is C30H46O8. The van der Waals surface area contributed by atoms with Gasteiger partial charge in [-0.3, -0.25) is 0 Å². The smallest absolute Gasteiger partial charge is 0.331 e. The van der Waals surface area contributed by atoms with E-state index in [0.29, 0.717) is 25.9 Å². The Morgan fingerprint density at radius 3 is 2.45 bits per heavy atom. The first kappa shape index (κ1) is 27.2. The van der Waals surface area contributed by atoms with Crippen molar-refractivity contribution in [1.82, 2.24) is 0 Å². The lowest BCUT2D eigenvalue weighted by Crippen LogP contribution is -2.67. The Morgan fingerprint density at radius 2 is 1.74 bits per heavy atom. The van der Waals surface area contributed by atoms with Crippen LogP contribution in [0.25, 0.3) is 0 Å². The molecule has 214 valence electrons. The first-order valence-electron chi connectivity index (χ1n) is 14.8. The Kier molecular flexibility index (Phi) is 6.61. The van der Waals surface area contributed by atoms with Crippen molar-refractivity contribution in [2.45, 2.75) is 127 Å². The van der Waals surface area contributed by atoms with Gasteiger partial charge in [0.1, 0.15) is 12.7 Å². The third kappa shape index (κ3) is 3.81. The summed E-state index contributed by atoms with van der Waals surface area (Å²) in [6.45, 7) is 6.67. The molecule has 0 radical (unpaired) electrons. The Hall–Kier alpha value is -1.03. The number of aliphatic hydroxyl groups is 3. The summed E-state index contributed by atoms with van der Waals surface area (Å²) >= 11 is 0. The fourth-order valence-corrected chi connectivity index (χ4v) is 10.0. The molecule has 38 heavy (non-hydrogen) atoms. The van der Waals surface area contributed by atoms with Gasteiger partial charge in [-0.1, -0.05) is 13.8 Å². The summed E-state index contributed by atoms with van der Waals surface area (Å²) in [7, 11) is 1.60. The average molecular weight is 535 g/mol. The van der Waals surface area contributed by atoms with Crippen LogP contribution in [0.15, 0.2) is 11.6 Å². The topological polar surface area (TPSA) is 115 Å². The molecule has 4 aliphatic carbocycles. The highest BCUT2D eigenvalue weighted by Gasteiger charge is 2.70. The molecule has 12 atom stereocenters. The van der Waals surface area contributed by atoms with Gasteiger partial charge in [-0.15, -0.1) is 0 Å². The van der Waals surface area contributed by atoms with E-state index in [1.165, 1.54) is 0 Å². The molecule has 4 saturated carbocycles. The maximum absolute atomic E-state index is 12.4. The number of hydrogen-bond donors (Lipinski definition) is 3. The molecule has 6 aliphatic rings. The van der Waals surface area contributed by atoms with Crippen LogP contribution in [0.1, 0.15) is 85.0 Å². The second kappa shape index (κ2) is 9.25. The van der Waals surface area contributed by atoms with E-state index in [2.05, 4.69) is 13.8 Å². The summed E-state index contributed by atoms with van der Waals surface area (Å²) in [5.41, 5.74) is -1.17. The Labute approximate surface area is 226 Å². The first-order chi connectivity index (χ1) is 17.9. The highest BCUT2D eigenvalue weighted by molar-refractivity contribution is 5.85. The Morgan fingerprint density at radius 1 is 1.00 bits per heavy atom. The lowest BCUT2D eigenvalue weighted by Gasteiger charge is -2.66. The van der Waals surface area contributed by atoms with Gasteiger partial charge in [0.2, 0.25) is 0 Å².